The average Bonchev–Trinajstić information content (AvgIpc) is 3.48. The van der Waals surface area contributed by atoms with Crippen molar-refractivity contribution in [3.63, 3.8) is 0 Å². The number of amides is 3. The molecule has 12 heteroatoms. The number of rotatable bonds is 6. The molecule has 1 aliphatic rings. The molecular weight excluding hydrogens is 463 g/mol. The molecule has 0 bridgehead atoms. The second-order valence-electron chi connectivity index (χ2n) is 8.51. The molecule has 0 unspecified atom stereocenters. The highest BCUT2D eigenvalue weighted by molar-refractivity contribution is 5.89. The van der Waals surface area contributed by atoms with Crippen molar-refractivity contribution in [2.75, 3.05) is 18.4 Å². The Balaban J connectivity index is 1.34. The molecule has 3 aromatic rings. The zero-order valence-corrected chi connectivity index (χ0v) is 19.4. The van der Waals surface area contributed by atoms with Gasteiger partial charge in [-0.25, -0.2) is 14.3 Å². The van der Waals surface area contributed by atoms with Gasteiger partial charge in [0.05, 0.1) is 0 Å². The number of halogens is 3. The van der Waals surface area contributed by atoms with Gasteiger partial charge in [-0.3, -0.25) is 4.79 Å². The smallest absolute Gasteiger partial charge is 0.352 e. The van der Waals surface area contributed by atoms with Gasteiger partial charge in [0.1, 0.15) is 0 Å². The molecule has 3 amide bonds. The molecule has 3 heterocycles. The van der Waals surface area contributed by atoms with E-state index < -0.39 is 12.0 Å². The Hall–Kier alpha value is -3.70. The monoisotopic (exact) mass is 489 g/mol. The van der Waals surface area contributed by atoms with Crippen LogP contribution in [0, 0.1) is 13.8 Å². The van der Waals surface area contributed by atoms with Crippen LogP contribution in [0.15, 0.2) is 24.3 Å². The Morgan fingerprint density at radius 1 is 1.11 bits per heavy atom. The number of aromatic nitrogens is 4. The first-order valence-corrected chi connectivity index (χ1v) is 11.3. The number of hydrogen-bond donors (Lipinski definition) is 2. The standard InChI is InChI=1S/C23H26F3N7O2/c1-14-18(15(2)33-21(28-14)30-20(31-33)23(24,25)26)8-9-19(34)27-13-16-6-5-7-17(12-16)29-22(35)32-10-3-4-11-32/h5-7,12H,3-4,8-11,13H2,1-2H3,(H,27,34)(H,29,35). The normalized spacial score (nSPS) is 13.9. The number of aryl methyl sites for hydroxylation is 2. The third-order valence-electron chi connectivity index (χ3n) is 5.97. The Labute approximate surface area is 199 Å². The van der Waals surface area contributed by atoms with Gasteiger partial charge in [-0.15, -0.1) is 5.10 Å². The summed E-state index contributed by atoms with van der Waals surface area (Å²) in [6, 6.07) is 7.13. The van der Waals surface area contributed by atoms with Crippen molar-refractivity contribution in [1.29, 1.82) is 0 Å². The van der Waals surface area contributed by atoms with Crippen molar-refractivity contribution < 1.29 is 22.8 Å². The highest BCUT2D eigenvalue weighted by Crippen LogP contribution is 2.27. The molecule has 9 nitrogen and oxygen atoms in total. The maximum atomic E-state index is 13.0. The minimum atomic E-state index is -4.66. The van der Waals surface area contributed by atoms with E-state index in [-0.39, 0.29) is 30.7 Å². The molecule has 35 heavy (non-hydrogen) atoms. The molecule has 186 valence electrons. The van der Waals surface area contributed by atoms with Crippen LogP contribution in [0.4, 0.5) is 23.7 Å². The maximum Gasteiger partial charge on any atom is 0.453 e. The van der Waals surface area contributed by atoms with Crippen LogP contribution in [0.2, 0.25) is 0 Å². The van der Waals surface area contributed by atoms with Crippen molar-refractivity contribution in [3.05, 3.63) is 52.6 Å². The average molecular weight is 490 g/mol. The van der Waals surface area contributed by atoms with Gasteiger partial charge in [-0.1, -0.05) is 12.1 Å². The molecule has 4 rings (SSSR count). The molecule has 0 saturated carbocycles. The maximum absolute atomic E-state index is 13.0. The number of carbonyl (C=O) groups is 2. The Morgan fingerprint density at radius 2 is 1.86 bits per heavy atom. The number of alkyl halides is 3. The number of benzene rings is 1. The summed E-state index contributed by atoms with van der Waals surface area (Å²) in [6.45, 7) is 5.09. The van der Waals surface area contributed by atoms with E-state index in [0.29, 0.717) is 29.1 Å². The van der Waals surface area contributed by atoms with Crippen LogP contribution in [0.25, 0.3) is 5.78 Å². The lowest BCUT2D eigenvalue weighted by Crippen LogP contribution is -2.32. The highest BCUT2D eigenvalue weighted by Gasteiger charge is 2.37. The zero-order valence-electron chi connectivity index (χ0n) is 19.4. The lowest BCUT2D eigenvalue weighted by Gasteiger charge is -2.16. The number of carbonyl (C=O) groups excluding carboxylic acids is 2. The van der Waals surface area contributed by atoms with Gasteiger partial charge in [0.2, 0.25) is 5.91 Å². The molecule has 1 aliphatic heterocycles. The van der Waals surface area contributed by atoms with E-state index in [1.807, 2.05) is 18.2 Å². The number of anilines is 1. The number of likely N-dealkylation sites (tertiary alicyclic amines) is 1. The molecule has 1 aromatic carbocycles. The molecule has 0 spiro atoms. The minimum Gasteiger partial charge on any atom is -0.352 e. The first kappa shape index (κ1) is 24.4. The van der Waals surface area contributed by atoms with E-state index >= 15 is 0 Å². The van der Waals surface area contributed by atoms with Gasteiger partial charge in [0.25, 0.3) is 11.6 Å². The van der Waals surface area contributed by atoms with E-state index in [0.717, 1.165) is 36.0 Å². The number of fused-ring (bicyclic) bond motifs is 1. The predicted molar refractivity (Wildman–Crippen MR) is 122 cm³/mol. The van der Waals surface area contributed by atoms with Gasteiger partial charge in [0.15, 0.2) is 0 Å². The highest BCUT2D eigenvalue weighted by atomic mass is 19.4. The van der Waals surface area contributed by atoms with Crippen LogP contribution in [0.3, 0.4) is 0 Å². The summed E-state index contributed by atoms with van der Waals surface area (Å²) in [5, 5.41) is 9.25. The first-order chi connectivity index (χ1) is 16.6. The lowest BCUT2D eigenvalue weighted by atomic mass is 10.1. The van der Waals surface area contributed by atoms with Crippen molar-refractivity contribution in [1.82, 2.24) is 29.8 Å². The summed E-state index contributed by atoms with van der Waals surface area (Å²) in [5.74, 6) is -1.59. The van der Waals surface area contributed by atoms with E-state index in [1.54, 1.807) is 24.8 Å². The van der Waals surface area contributed by atoms with Crippen LogP contribution in [0.5, 0.6) is 0 Å². The molecule has 1 saturated heterocycles. The van der Waals surface area contributed by atoms with Gasteiger partial charge in [0, 0.05) is 43.1 Å². The zero-order chi connectivity index (χ0) is 25.2. The lowest BCUT2D eigenvalue weighted by molar-refractivity contribution is -0.144. The third kappa shape index (κ3) is 5.69. The quantitative estimate of drug-likeness (QED) is 0.550. The number of urea groups is 1. The topological polar surface area (TPSA) is 105 Å². The molecule has 0 aliphatic carbocycles. The summed E-state index contributed by atoms with van der Waals surface area (Å²) >= 11 is 0. The Morgan fingerprint density at radius 3 is 2.57 bits per heavy atom. The molecule has 0 atom stereocenters. The van der Waals surface area contributed by atoms with E-state index in [4.69, 9.17) is 0 Å². The van der Waals surface area contributed by atoms with Gasteiger partial charge in [-0.2, -0.15) is 18.2 Å². The third-order valence-corrected chi connectivity index (χ3v) is 5.97. The van der Waals surface area contributed by atoms with E-state index in [1.165, 1.54) is 0 Å². The summed E-state index contributed by atoms with van der Waals surface area (Å²) in [6.07, 6.45) is -2.23. The fourth-order valence-electron chi connectivity index (χ4n) is 4.10. The van der Waals surface area contributed by atoms with Gasteiger partial charge >= 0.3 is 12.2 Å². The molecule has 2 aromatic heterocycles. The van der Waals surface area contributed by atoms with Crippen molar-refractivity contribution >= 4 is 23.4 Å². The molecule has 2 N–H and O–H groups in total. The fraction of sp³-hybridized carbons (Fsp3) is 0.435. The van der Waals surface area contributed by atoms with E-state index in [9.17, 15) is 22.8 Å². The second-order valence-corrected chi connectivity index (χ2v) is 8.51. The second kappa shape index (κ2) is 9.88. The van der Waals surface area contributed by atoms with Crippen molar-refractivity contribution in [2.45, 2.75) is 52.3 Å². The summed E-state index contributed by atoms with van der Waals surface area (Å²) < 4.78 is 39.9. The number of nitrogens with one attached hydrogen (secondary N) is 2. The van der Waals surface area contributed by atoms with Crippen LogP contribution < -0.4 is 10.6 Å². The summed E-state index contributed by atoms with van der Waals surface area (Å²) in [7, 11) is 0. The van der Waals surface area contributed by atoms with Crippen molar-refractivity contribution in [2.24, 2.45) is 0 Å². The van der Waals surface area contributed by atoms with Gasteiger partial charge < -0.3 is 15.5 Å². The number of nitrogens with zero attached hydrogens (tertiary/aromatic N) is 5. The predicted octanol–water partition coefficient (Wildman–Crippen LogP) is 3.64. The first-order valence-electron chi connectivity index (χ1n) is 11.3. The van der Waals surface area contributed by atoms with Crippen LogP contribution in [-0.4, -0.2) is 49.5 Å². The number of hydrogen-bond acceptors (Lipinski definition) is 5. The van der Waals surface area contributed by atoms with Crippen molar-refractivity contribution in [3.8, 4) is 0 Å². The molecule has 1 fully saturated rings. The molecule has 0 radical (unpaired) electrons. The van der Waals surface area contributed by atoms with Crippen LogP contribution in [0.1, 0.15) is 47.6 Å². The van der Waals surface area contributed by atoms with Crippen LogP contribution >= 0.6 is 0 Å². The minimum absolute atomic E-state index is 0.126. The molecular formula is C23H26F3N7O2. The SMILES string of the molecule is Cc1nc2nc(C(F)(F)F)nn2c(C)c1CCC(=O)NCc1cccc(NC(=O)N2CCCC2)c1. The summed E-state index contributed by atoms with van der Waals surface area (Å²) in [4.78, 5) is 34.1. The van der Waals surface area contributed by atoms with Gasteiger partial charge in [-0.05, 0) is 56.4 Å². The van der Waals surface area contributed by atoms with E-state index in [2.05, 4.69) is 25.7 Å². The fourth-order valence-corrected chi connectivity index (χ4v) is 4.10. The Kier molecular flexibility index (Phi) is 6.90. The summed E-state index contributed by atoms with van der Waals surface area (Å²) in [5.41, 5.74) is 3.11. The Bertz CT molecular complexity index is 1250. The largest absolute Gasteiger partial charge is 0.453 e. The van der Waals surface area contributed by atoms with Crippen LogP contribution in [-0.2, 0) is 23.9 Å².